The zero-order valence-corrected chi connectivity index (χ0v) is 11.4. The highest BCUT2D eigenvalue weighted by molar-refractivity contribution is 5.03. The predicted octanol–water partition coefficient (Wildman–Crippen LogP) is 2.49. The van der Waals surface area contributed by atoms with Crippen LogP contribution in [0.5, 0.6) is 0 Å². The van der Waals surface area contributed by atoms with Gasteiger partial charge >= 0.3 is 0 Å². The highest BCUT2D eigenvalue weighted by Crippen LogP contribution is 2.44. The highest BCUT2D eigenvalue weighted by Gasteiger charge is 2.49. The minimum Gasteiger partial charge on any atom is -0.315 e. The summed E-state index contributed by atoms with van der Waals surface area (Å²) in [5, 5.41) is 6.91. The molecule has 1 heterocycles. The van der Waals surface area contributed by atoms with E-state index >= 15 is 4.39 Å². The van der Waals surface area contributed by atoms with Gasteiger partial charge in [0.05, 0.1) is 0 Å². The van der Waals surface area contributed by atoms with E-state index < -0.39 is 5.67 Å². The van der Waals surface area contributed by atoms with Gasteiger partial charge in [-0.15, -0.1) is 0 Å². The summed E-state index contributed by atoms with van der Waals surface area (Å²) in [5.74, 6) is 0.340. The molecular weight excluding hydrogens is 215 g/mol. The first-order valence-electron chi connectivity index (χ1n) is 7.20. The molecule has 0 bridgehead atoms. The van der Waals surface area contributed by atoms with Crippen LogP contribution in [-0.4, -0.2) is 31.3 Å². The average Bonchev–Trinajstić information content (AvgIpc) is 2.44. The third-order valence-electron chi connectivity index (χ3n) is 5.11. The molecule has 1 saturated carbocycles. The van der Waals surface area contributed by atoms with Gasteiger partial charge in [-0.05, 0) is 33.2 Å². The maximum atomic E-state index is 15.3. The Labute approximate surface area is 105 Å². The number of hydrogen-bond acceptors (Lipinski definition) is 2. The van der Waals surface area contributed by atoms with Crippen LogP contribution in [0.25, 0.3) is 0 Å². The second-order valence-electron chi connectivity index (χ2n) is 5.97. The second kappa shape index (κ2) is 5.23. The Balaban J connectivity index is 2.25. The molecule has 5 atom stereocenters. The van der Waals surface area contributed by atoms with Crippen LogP contribution in [0.2, 0.25) is 0 Å². The lowest BCUT2D eigenvalue weighted by Crippen LogP contribution is -2.49. The van der Waals surface area contributed by atoms with E-state index in [-0.39, 0.29) is 17.9 Å². The van der Waals surface area contributed by atoms with Crippen molar-refractivity contribution in [2.24, 2.45) is 11.8 Å². The quantitative estimate of drug-likeness (QED) is 0.777. The van der Waals surface area contributed by atoms with Crippen molar-refractivity contribution in [1.82, 2.24) is 10.6 Å². The molecule has 100 valence electrons. The van der Waals surface area contributed by atoms with E-state index in [4.69, 9.17) is 0 Å². The van der Waals surface area contributed by atoms with Crippen LogP contribution >= 0.6 is 0 Å². The van der Waals surface area contributed by atoms with Crippen molar-refractivity contribution in [3.8, 4) is 0 Å². The predicted molar refractivity (Wildman–Crippen MR) is 69.9 cm³/mol. The number of halogens is 1. The summed E-state index contributed by atoms with van der Waals surface area (Å²) in [4.78, 5) is 0. The van der Waals surface area contributed by atoms with Gasteiger partial charge in [-0.25, -0.2) is 4.39 Å². The first-order valence-corrected chi connectivity index (χ1v) is 7.20. The zero-order chi connectivity index (χ0) is 12.5. The molecule has 1 saturated heterocycles. The Hall–Kier alpha value is -0.150. The Bertz CT molecular complexity index is 245. The molecule has 0 aromatic carbocycles. The zero-order valence-electron chi connectivity index (χ0n) is 11.4. The number of nitrogens with one attached hydrogen (secondary N) is 2. The Morgan fingerprint density at radius 2 is 2.06 bits per heavy atom. The molecule has 0 aromatic rings. The summed E-state index contributed by atoms with van der Waals surface area (Å²) in [6.45, 7) is 4.88. The van der Waals surface area contributed by atoms with Crippen molar-refractivity contribution in [1.29, 1.82) is 0 Å². The van der Waals surface area contributed by atoms with Gasteiger partial charge in [0.25, 0.3) is 0 Å². The first kappa shape index (κ1) is 13.3. The molecule has 2 N–H and O–H groups in total. The molecule has 0 spiro atoms. The van der Waals surface area contributed by atoms with Crippen molar-refractivity contribution in [3.63, 3.8) is 0 Å². The molecule has 2 fully saturated rings. The molecule has 1 aliphatic carbocycles. The van der Waals surface area contributed by atoms with Gasteiger partial charge in [0.2, 0.25) is 0 Å². The SMILES string of the molecule is CCC1C(NC)CNC2CCCCC2C1(C)F. The maximum absolute atomic E-state index is 15.3. The second-order valence-corrected chi connectivity index (χ2v) is 5.97. The molecule has 3 heteroatoms. The topological polar surface area (TPSA) is 24.1 Å². The number of fused-ring (bicyclic) bond motifs is 1. The van der Waals surface area contributed by atoms with Gasteiger partial charge in [-0.3, -0.25) is 0 Å². The van der Waals surface area contributed by atoms with Crippen LogP contribution in [-0.2, 0) is 0 Å². The van der Waals surface area contributed by atoms with E-state index in [1.807, 2.05) is 14.0 Å². The monoisotopic (exact) mass is 242 g/mol. The van der Waals surface area contributed by atoms with Gasteiger partial charge in [-0.1, -0.05) is 19.8 Å². The Kier molecular flexibility index (Phi) is 4.09. The summed E-state index contributed by atoms with van der Waals surface area (Å²) in [7, 11) is 1.96. The van der Waals surface area contributed by atoms with Crippen LogP contribution in [0.3, 0.4) is 0 Å². The van der Waals surface area contributed by atoms with E-state index in [0.717, 1.165) is 25.8 Å². The summed E-state index contributed by atoms with van der Waals surface area (Å²) in [6, 6.07) is 0.659. The molecule has 2 nitrogen and oxygen atoms in total. The maximum Gasteiger partial charge on any atom is 0.116 e. The molecule has 5 unspecified atom stereocenters. The Morgan fingerprint density at radius 1 is 1.35 bits per heavy atom. The fourth-order valence-corrected chi connectivity index (χ4v) is 4.13. The standard InChI is InChI=1S/C14H27FN2/c1-4-10-13(16-3)9-17-12-8-6-5-7-11(12)14(10,2)15/h10-13,16-17H,4-9H2,1-3H3. The van der Waals surface area contributed by atoms with E-state index in [1.54, 1.807) is 0 Å². The minimum absolute atomic E-state index is 0.132. The van der Waals surface area contributed by atoms with Gasteiger partial charge in [-0.2, -0.15) is 0 Å². The lowest BCUT2D eigenvalue weighted by Gasteiger charge is -2.42. The van der Waals surface area contributed by atoms with Crippen molar-refractivity contribution < 1.29 is 4.39 Å². The van der Waals surface area contributed by atoms with E-state index in [0.29, 0.717) is 6.04 Å². The fraction of sp³-hybridized carbons (Fsp3) is 1.00. The van der Waals surface area contributed by atoms with Crippen molar-refractivity contribution in [2.45, 2.75) is 63.7 Å². The molecule has 2 rings (SSSR count). The van der Waals surface area contributed by atoms with E-state index in [2.05, 4.69) is 17.6 Å². The van der Waals surface area contributed by atoms with Gasteiger partial charge in [0.15, 0.2) is 0 Å². The van der Waals surface area contributed by atoms with Crippen LogP contribution in [0.4, 0.5) is 4.39 Å². The largest absolute Gasteiger partial charge is 0.315 e. The minimum atomic E-state index is -1.03. The average molecular weight is 242 g/mol. The molecular formula is C14H27FN2. The molecule has 0 amide bonds. The summed E-state index contributed by atoms with van der Waals surface area (Å²) < 4.78 is 15.3. The van der Waals surface area contributed by atoms with Crippen molar-refractivity contribution in [2.75, 3.05) is 13.6 Å². The third kappa shape index (κ3) is 2.37. The molecule has 1 aliphatic heterocycles. The number of likely N-dealkylation sites (N-methyl/N-ethyl adjacent to an activating group) is 1. The van der Waals surface area contributed by atoms with Crippen LogP contribution < -0.4 is 10.6 Å². The number of alkyl halides is 1. The molecule has 2 aliphatic rings. The highest BCUT2D eigenvalue weighted by atomic mass is 19.1. The summed E-state index contributed by atoms with van der Waals surface area (Å²) >= 11 is 0. The smallest absolute Gasteiger partial charge is 0.116 e. The Morgan fingerprint density at radius 3 is 2.71 bits per heavy atom. The van der Waals surface area contributed by atoms with E-state index in [9.17, 15) is 0 Å². The number of rotatable bonds is 2. The lowest BCUT2D eigenvalue weighted by molar-refractivity contribution is 0.000512. The van der Waals surface area contributed by atoms with Gasteiger partial charge < -0.3 is 10.6 Å². The normalized spacial score (nSPS) is 47.3. The fourth-order valence-electron chi connectivity index (χ4n) is 4.13. The lowest BCUT2D eigenvalue weighted by atomic mass is 9.69. The van der Waals surface area contributed by atoms with Crippen LogP contribution in [0.1, 0.15) is 46.0 Å². The van der Waals surface area contributed by atoms with Crippen molar-refractivity contribution in [3.05, 3.63) is 0 Å². The van der Waals surface area contributed by atoms with Crippen LogP contribution in [0, 0.1) is 11.8 Å². The van der Waals surface area contributed by atoms with E-state index in [1.165, 1.54) is 12.8 Å². The summed E-state index contributed by atoms with van der Waals surface area (Å²) in [5.41, 5.74) is -1.03. The van der Waals surface area contributed by atoms with Crippen LogP contribution in [0.15, 0.2) is 0 Å². The molecule has 0 aromatic heterocycles. The summed E-state index contributed by atoms with van der Waals surface area (Å²) in [6.07, 6.45) is 5.58. The third-order valence-corrected chi connectivity index (χ3v) is 5.11. The first-order chi connectivity index (χ1) is 8.11. The van der Waals surface area contributed by atoms with Crippen molar-refractivity contribution >= 4 is 0 Å². The van der Waals surface area contributed by atoms with Gasteiger partial charge in [0.1, 0.15) is 5.67 Å². The molecule has 0 radical (unpaired) electrons. The number of hydrogen-bond donors (Lipinski definition) is 2. The van der Waals surface area contributed by atoms with Gasteiger partial charge in [0, 0.05) is 30.5 Å². The molecule has 17 heavy (non-hydrogen) atoms.